The van der Waals surface area contributed by atoms with Gasteiger partial charge in [0.25, 0.3) is 5.91 Å². The molecule has 1 fully saturated rings. The van der Waals surface area contributed by atoms with Crippen LogP contribution in [0.3, 0.4) is 0 Å². The van der Waals surface area contributed by atoms with Crippen molar-refractivity contribution in [2.24, 2.45) is 5.92 Å². The first-order chi connectivity index (χ1) is 14.6. The van der Waals surface area contributed by atoms with Gasteiger partial charge < -0.3 is 24.3 Å². The molecule has 2 N–H and O–H groups in total. The molecule has 0 spiro atoms. The molecule has 30 heavy (non-hydrogen) atoms. The Balaban J connectivity index is 1.22. The van der Waals surface area contributed by atoms with Crippen LogP contribution < -0.4 is 10.6 Å². The second-order valence-electron chi connectivity index (χ2n) is 7.39. The van der Waals surface area contributed by atoms with Gasteiger partial charge in [-0.05, 0) is 37.8 Å². The first-order valence-corrected chi connectivity index (χ1v) is 9.94. The highest BCUT2D eigenvalue weighted by molar-refractivity contribution is 5.94. The summed E-state index contributed by atoms with van der Waals surface area (Å²) in [7, 11) is 1.55. The smallest absolute Gasteiger partial charge is 0.252 e. The maximum absolute atomic E-state index is 12.5. The molecule has 1 aliphatic rings. The number of carbonyl (C=O) groups is 2. The van der Waals surface area contributed by atoms with Gasteiger partial charge in [0.05, 0.1) is 12.1 Å². The number of ether oxygens (including phenoxy) is 1. The van der Waals surface area contributed by atoms with E-state index in [1.54, 1.807) is 25.6 Å². The average Bonchev–Trinajstić information content (AvgIpc) is 3.41. The fourth-order valence-corrected chi connectivity index (χ4v) is 3.68. The highest BCUT2D eigenvalue weighted by atomic mass is 16.5. The third-order valence-corrected chi connectivity index (χ3v) is 5.28. The molecule has 2 amide bonds. The zero-order valence-corrected chi connectivity index (χ0v) is 16.7. The van der Waals surface area contributed by atoms with E-state index < -0.39 is 0 Å². The Bertz CT molecular complexity index is 1020. The van der Waals surface area contributed by atoms with Crippen LogP contribution in [0.25, 0.3) is 5.65 Å². The van der Waals surface area contributed by atoms with E-state index >= 15 is 0 Å². The Labute approximate surface area is 173 Å². The van der Waals surface area contributed by atoms with Crippen LogP contribution in [0.1, 0.15) is 47.8 Å². The minimum atomic E-state index is -0.109. The van der Waals surface area contributed by atoms with Gasteiger partial charge in [-0.3, -0.25) is 9.59 Å². The highest BCUT2D eigenvalue weighted by Gasteiger charge is 2.27. The number of methoxy groups -OCH3 is 1. The van der Waals surface area contributed by atoms with Crippen molar-refractivity contribution < 1.29 is 18.8 Å². The third-order valence-electron chi connectivity index (χ3n) is 5.28. The van der Waals surface area contributed by atoms with Crippen molar-refractivity contribution >= 4 is 17.5 Å². The van der Waals surface area contributed by atoms with Gasteiger partial charge in [0.2, 0.25) is 11.8 Å². The van der Waals surface area contributed by atoms with Gasteiger partial charge in [0.15, 0.2) is 5.82 Å². The van der Waals surface area contributed by atoms with Crippen molar-refractivity contribution in [3.05, 3.63) is 48.0 Å². The number of hydrogen-bond acceptors (Lipinski definition) is 7. The van der Waals surface area contributed by atoms with E-state index in [9.17, 15) is 9.59 Å². The maximum Gasteiger partial charge on any atom is 0.252 e. The molecule has 0 bridgehead atoms. The second-order valence-corrected chi connectivity index (χ2v) is 7.39. The van der Waals surface area contributed by atoms with E-state index in [4.69, 9.17) is 9.26 Å². The lowest BCUT2D eigenvalue weighted by Gasteiger charge is -2.28. The van der Waals surface area contributed by atoms with E-state index in [-0.39, 0.29) is 36.9 Å². The number of pyridine rings is 1. The van der Waals surface area contributed by atoms with Gasteiger partial charge in [0.1, 0.15) is 12.3 Å². The summed E-state index contributed by atoms with van der Waals surface area (Å²) in [6, 6.07) is 3.65. The summed E-state index contributed by atoms with van der Waals surface area (Å²) in [5.41, 5.74) is 1.39. The van der Waals surface area contributed by atoms with Crippen LogP contribution >= 0.6 is 0 Å². The molecule has 0 aliphatic heterocycles. The predicted molar refractivity (Wildman–Crippen MR) is 105 cm³/mol. The first-order valence-electron chi connectivity index (χ1n) is 9.94. The van der Waals surface area contributed by atoms with E-state index in [0.717, 1.165) is 31.3 Å². The molecule has 10 nitrogen and oxygen atoms in total. The molecule has 4 rings (SSSR count). The van der Waals surface area contributed by atoms with Gasteiger partial charge in [-0.2, -0.15) is 4.98 Å². The number of carbonyl (C=O) groups excluding carboxylic acids is 2. The summed E-state index contributed by atoms with van der Waals surface area (Å²) < 4.78 is 11.8. The molecule has 1 aliphatic carbocycles. The number of nitrogens with zero attached hydrogens (tertiary/aromatic N) is 4. The van der Waals surface area contributed by atoms with Crippen molar-refractivity contribution in [2.45, 2.75) is 44.9 Å². The summed E-state index contributed by atoms with van der Waals surface area (Å²) >= 11 is 0. The second kappa shape index (κ2) is 9.04. The summed E-state index contributed by atoms with van der Waals surface area (Å²) in [6.45, 7) is 0.465. The Morgan fingerprint density at radius 3 is 2.90 bits per heavy atom. The van der Waals surface area contributed by atoms with Gasteiger partial charge >= 0.3 is 0 Å². The van der Waals surface area contributed by atoms with Crippen molar-refractivity contribution in [3.8, 4) is 0 Å². The fraction of sp³-hybridized carbons (Fsp3) is 0.450. The third kappa shape index (κ3) is 4.65. The van der Waals surface area contributed by atoms with Crippen LogP contribution in [0.2, 0.25) is 0 Å². The molecule has 1 saturated carbocycles. The number of amides is 2. The van der Waals surface area contributed by atoms with Gasteiger partial charge in [-0.1, -0.05) is 5.16 Å². The van der Waals surface area contributed by atoms with Crippen LogP contribution in [-0.2, 0) is 22.7 Å². The lowest BCUT2D eigenvalue weighted by molar-refractivity contribution is -0.126. The van der Waals surface area contributed by atoms with Crippen LogP contribution in [-0.4, -0.2) is 44.5 Å². The average molecular weight is 412 g/mol. The molecule has 3 aromatic rings. The van der Waals surface area contributed by atoms with E-state index in [0.29, 0.717) is 17.3 Å². The largest absolute Gasteiger partial charge is 0.377 e. The van der Waals surface area contributed by atoms with E-state index in [2.05, 4.69) is 25.8 Å². The summed E-state index contributed by atoms with van der Waals surface area (Å²) in [6.07, 6.45) is 8.23. The zero-order chi connectivity index (χ0) is 20.9. The monoisotopic (exact) mass is 412 g/mol. The number of nitrogens with one attached hydrogen (secondary N) is 2. The van der Waals surface area contributed by atoms with E-state index in [1.807, 2.05) is 16.7 Å². The molecule has 10 heteroatoms. The summed E-state index contributed by atoms with van der Waals surface area (Å²) in [5, 5.41) is 9.69. The maximum atomic E-state index is 12.5. The minimum absolute atomic E-state index is 0.0307. The van der Waals surface area contributed by atoms with Crippen molar-refractivity contribution in [2.75, 3.05) is 7.11 Å². The standard InChI is InChI=1S/C20H24N6O4/c1-29-12-16-24-18(30-25-16)10-22-19(27)13-2-5-15(6-3-13)23-20(28)14-4-7-17-21-8-9-26(17)11-14/h4,7-9,11,13,15H,2-3,5-6,10,12H2,1H3,(H,22,27)(H,23,28). The number of aromatic nitrogens is 4. The van der Waals surface area contributed by atoms with Gasteiger partial charge in [0, 0.05) is 37.7 Å². The van der Waals surface area contributed by atoms with Crippen molar-refractivity contribution in [1.82, 2.24) is 30.2 Å². The number of rotatable bonds is 7. The summed E-state index contributed by atoms with van der Waals surface area (Å²) in [4.78, 5) is 33.3. The predicted octanol–water partition coefficient (Wildman–Crippen LogP) is 1.47. The Morgan fingerprint density at radius 2 is 2.10 bits per heavy atom. The van der Waals surface area contributed by atoms with Gasteiger partial charge in [-0.15, -0.1) is 0 Å². The lowest BCUT2D eigenvalue weighted by atomic mass is 9.85. The quantitative estimate of drug-likeness (QED) is 0.602. The highest BCUT2D eigenvalue weighted by Crippen LogP contribution is 2.25. The molecule has 0 atom stereocenters. The first kappa shape index (κ1) is 20.0. The Hall–Kier alpha value is -3.27. The van der Waals surface area contributed by atoms with Crippen LogP contribution in [0.15, 0.2) is 35.2 Å². The molecule has 0 radical (unpaired) electrons. The van der Waals surface area contributed by atoms with Crippen molar-refractivity contribution in [1.29, 1.82) is 0 Å². The minimum Gasteiger partial charge on any atom is -0.377 e. The summed E-state index contributed by atoms with van der Waals surface area (Å²) in [5.74, 6) is 0.580. The van der Waals surface area contributed by atoms with Crippen molar-refractivity contribution in [3.63, 3.8) is 0 Å². The van der Waals surface area contributed by atoms with Gasteiger partial charge in [-0.25, -0.2) is 4.98 Å². The molecule has 0 aromatic carbocycles. The number of imidazole rings is 1. The molecule has 0 unspecified atom stereocenters. The van der Waals surface area contributed by atoms with Crippen LogP contribution in [0.4, 0.5) is 0 Å². The molecular weight excluding hydrogens is 388 g/mol. The fourth-order valence-electron chi connectivity index (χ4n) is 3.68. The Morgan fingerprint density at radius 1 is 1.27 bits per heavy atom. The number of hydrogen-bond donors (Lipinski definition) is 2. The van der Waals surface area contributed by atoms with Crippen LogP contribution in [0.5, 0.6) is 0 Å². The number of fused-ring (bicyclic) bond motifs is 1. The zero-order valence-electron chi connectivity index (χ0n) is 16.7. The SMILES string of the molecule is COCc1noc(CNC(=O)C2CCC(NC(=O)c3ccc4nccn4c3)CC2)n1. The molecule has 158 valence electrons. The molecular formula is C20H24N6O4. The molecule has 0 saturated heterocycles. The normalized spacial score (nSPS) is 19.0. The molecule has 3 heterocycles. The lowest BCUT2D eigenvalue weighted by Crippen LogP contribution is -2.40. The van der Waals surface area contributed by atoms with E-state index in [1.165, 1.54) is 0 Å². The topological polar surface area (TPSA) is 124 Å². The molecule has 3 aromatic heterocycles. The Kier molecular flexibility index (Phi) is 6.03. The van der Waals surface area contributed by atoms with Crippen LogP contribution in [0, 0.1) is 5.92 Å².